The highest BCUT2D eigenvalue weighted by atomic mass is 35.5. The molecule has 1 heterocycles. The van der Waals surface area contributed by atoms with Gasteiger partial charge in [0.05, 0.1) is 21.0 Å². The first-order valence-electron chi connectivity index (χ1n) is 5.88. The number of anilines is 1. The van der Waals surface area contributed by atoms with Crippen molar-refractivity contribution in [3.8, 4) is 0 Å². The second-order valence-corrected chi connectivity index (χ2v) is 6.37. The van der Waals surface area contributed by atoms with Crippen molar-refractivity contribution < 1.29 is 12.8 Å². The van der Waals surface area contributed by atoms with Gasteiger partial charge in [0.2, 0.25) is 5.95 Å². The topological polar surface area (TPSA) is 74.8 Å². The summed E-state index contributed by atoms with van der Waals surface area (Å²) in [5.41, 5.74) is 1.33. The fraction of sp³-hybridized carbons (Fsp3) is 0. The van der Waals surface area contributed by atoms with Crippen molar-refractivity contribution in [2.45, 2.75) is 4.90 Å². The summed E-state index contributed by atoms with van der Waals surface area (Å²) in [4.78, 5) is 6.81. The summed E-state index contributed by atoms with van der Waals surface area (Å²) in [5, 5.41) is -0.262. The van der Waals surface area contributed by atoms with E-state index in [0.717, 1.165) is 18.2 Å². The number of halogens is 2. The predicted octanol–water partition coefficient (Wildman–Crippen LogP) is 3.16. The Morgan fingerprint density at radius 1 is 1.19 bits per heavy atom. The molecule has 21 heavy (non-hydrogen) atoms. The molecule has 0 fully saturated rings. The second kappa shape index (κ2) is 5.01. The standard InChI is InChI=1S/C13H9ClFN3O2S/c14-9-7-8(5-6-10(9)15)21(19,20)18-13-16-11-3-1-2-4-12(11)17-13/h1-7H,(H2,16,17,18). The van der Waals surface area contributed by atoms with Gasteiger partial charge in [-0.15, -0.1) is 0 Å². The molecule has 2 aromatic carbocycles. The van der Waals surface area contributed by atoms with Crippen molar-refractivity contribution >= 4 is 38.6 Å². The van der Waals surface area contributed by atoms with Crippen LogP contribution < -0.4 is 4.72 Å². The lowest BCUT2D eigenvalue weighted by atomic mass is 10.3. The van der Waals surface area contributed by atoms with E-state index in [1.807, 2.05) is 0 Å². The smallest absolute Gasteiger partial charge is 0.264 e. The van der Waals surface area contributed by atoms with E-state index in [0.29, 0.717) is 11.0 Å². The van der Waals surface area contributed by atoms with Gasteiger partial charge in [-0.1, -0.05) is 23.7 Å². The first-order chi connectivity index (χ1) is 9.95. The van der Waals surface area contributed by atoms with Crippen LogP contribution >= 0.6 is 11.6 Å². The molecule has 0 bridgehead atoms. The quantitative estimate of drug-likeness (QED) is 0.776. The lowest BCUT2D eigenvalue weighted by Gasteiger charge is -2.05. The number of nitrogens with zero attached hydrogens (tertiary/aromatic N) is 1. The van der Waals surface area contributed by atoms with E-state index >= 15 is 0 Å². The third-order valence-electron chi connectivity index (χ3n) is 2.82. The number of H-pyrrole nitrogens is 1. The summed E-state index contributed by atoms with van der Waals surface area (Å²) in [7, 11) is -3.90. The molecule has 0 aliphatic carbocycles. The van der Waals surface area contributed by atoms with E-state index in [9.17, 15) is 12.8 Å². The van der Waals surface area contributed by atoms with Crippen molar-refractivity contribution in [3.63, 3.8) is 0 Å². The summed E-state index contributed by atoms with van der Waals surface area (Å²) < 4.78 is 39.8. The Bertz CT molecular complexity index is 891. The minimum atomic E-state index is -3.90. The fourth-order valence-electron chi connectivity index (χ4n) is 1.83. The average Bonchev–Trinajstić information content (AvgIpc) is 2.82. The number of fused-ring (bicyclic) bond motifs is 1. The summed E-state index contributed by atoms with van der Waals surface area (Å²) in [5.74, 6) is -0.601. The zero-order valence-electron chi connectivity index (χ0n) is 10.5. The molecule has 0 radical (unpaired) electrons. The van der Waals surface area contributed by atoms with Crippen LogP contribution in [0.1, 0.15) is 0 Å². The first-order valence-corrected chi connectivity index (χ1v) is 7.74. The lowest BCUT2D eigenvalue weighted by Crippen LogP contribution is -2.14. The van der Waals surface area contributed by atoms with Gasteiger partial charge in [-0.3, -0.25) is 0 Å². The number of aromatic amines is 1. The van der Waals surface area contributed by atoms with Gasteiger partial charge < -0.3 is 4.98 Å². The number of nitrogens with one attached hydrogen (secondary N) is 2. The van der Waals surface area contributed by atoms with Crippen LogP contribution in [0.4, 0.5) is 10.3 Å². The van der Waals surface area contributed by atoms with Crippen LogP contribution in [-0.2, 0) is 10.0 Å². The molecule has 0 unspecified atom stereocenters. The van der Waals surface area contributed by atoms with Crippen LogP contribution in [0.25, 0.3) is 11.0 Å². The van der Waals surface area contributed by atoms with Gasteiger partial charge >= 0.3 is 0 Å². The number of aromatic nitrogens is 2. The molecule has 1 aromatic heterocycles. The van der Waals surface area contributed by atoms with Crippen molar-refractivity contribution in [2.75, 3.05) is 4.72 Å². The number of imidazole rings is 1. The fourth-order valence-corrected chi connectivity index (χ4v) is 3.07. The third kappa shape index (κ3) is 2.70. The van der Waals surface area contributed by atoms with E-state index in [1.165, 1.54) is 0 Å². The van der Waals surface area contributed by atoms with Crippen LogP contribution in [0.2, 0.25) is 5.02 Å². The molecule has 0 aliphatic rings. The van der Waals surface area contributed by atoms with Crippen LogP contribution in [0.3, 0.4) is 0 Å². The molecular formula is C13H9ClFN3O2S. The van der Waals surface area contributed by atoms with E-state index in [2.05, 4.69) is 14.7 Å². The molecule has 0 atom stereocenters. The van der Waals surface area contributed by atoms with Gasteiger partial charge in [-0.2, -0.15) is 0 Å². The van der Waals surface area contributed by atoms with Crippen LogP contribution in [-0.4, -0.2) is 18.4 Å². The number of hydrogen-bond acceptors (Lipinski definition) is 3. The summed E-state index contributed by atoms with van der Waals surface area (Å²) in [6, 6.07) is 10.3. The Morgan fingerprint density at radius 2 is 1.95 bits per heavy atom. The first kappa shape index (κ1) is 13.8. The average molecular weight is 326 g/mol. The molecule has 5 nitrogen and oxygen atoms in total. The SMILES string of the molecule is O=S(=O)(Nc1nc2ccccc2[nH]1)c1ccc(F)c(Cl)c1. The van der Waals surface area contributed by atoms with Gasteiger partial charge in [-0.25, -0.2) is 22.5 Å². The van der Waals surface area contributed by atoms with Crippen molar-refractivity contribution in [1.82, 2.24) is 9.97 Å². The Morgan fingerprint density at radius 3 is 2.67 bits per heavy atom. The van der Waals surface area contributed by atoms with E-state index in [-0.39, 0.29) is 15.9 Å². The third-order valence-corrected chi connectivity index (χ3v) is 4.45. The number of benzene rings is 2. The van der Waals surface area contributed by atoms with Gasteiger partial charge in [0.25, 0.3) is 10.0 Å². The summed E-state index contributed by atoms with van der Waals surface area (Å²) >= 11 is 5.60. The van der Waals surface area contributed by atoms with E-state index in [4.69, 9.17) is 11.6 Å². The van der Waals surface area contributed by atoms with Gasteiger partial charge in [0.1, 0.15) is 5.82 Å². The molecule has 2 N–H and O–H groups in total. The van der Waals surface area contributed by atoms with Crippen LogP contribution in [0.5, 0.6) is 0 Å². The van der Waals surface area contributed by atoms with Crippen LogP contribution in [0, 0.1) is 5.82 Å². The molecule has 0 amide bonds. The number of rotatable bonds is 3. The molecule has 0 saturated heterocycles. The molecule has 0 spiro atoms. The molecule has 0 aliphatic heterocycles. The normalized spacial score (nSPS) is 11.7. The van der Waals surface area contributed by atoms with Crippen molar-refractivity contribution in [1.29, 1.82) is 0 Å². The predicted molar refractivity (Wildman–Crippen MR) is 78.3 cm³/mol. The Hall–Kier alpha value is -2.12. The van der Waals surface area contributed by atoms with Gasteiger partial charge in [-0.05, 0) is 30.3 Å². The number of para-hydroxylation sites is 2. The van der Waals surface area contributed by atoms with Crippen LogP contribution in [0.15, 0.2) is 47.4 Å². The molecule has 3 rings (SSSR count). The van der Waals surface area contributed by atoms with Gasteiger partial charge in [0, 0.05) is 0 Å². The largest absolute Gasteiger partial charge is 0.323 e. The van der Waals surface area contributed by atoms with E-state index in [1.54, 1.807) is 24.3 Å². The van der Waals surface area contributed by atoms with E-state index < -0.39 is 15.8 Å². The number of hydrogen-bond donors (Lipinski definition) is 2. The van der Waals surface area contributed by atoms with Crippen molar-refractivity contribution in [2.24, 2.45) is 0 Å². The minimum absolute atomic E-state index is 0.0802. The van der Waals surface area contributed by atoms with Gasteiger partial charge in [0.15, 0.2) is 0 Å². The summed E-state index contributed by atoms with van der Waals surface area (Å²) in [6.45, 7) is 0. The minimum Gasteiger partial charge on any atom is -0.323 e. The molecule has 3 aromatic rings. The number of sulfonamides is 1. The molecule has 108 valence electrons. The highest BCUT2D eigenvalue weighted by Gasteiger charge is 2.17. The Balaban J connectivity index is 1.96. The summed E-state index contributed by atoms with van der Waals surface area (Å²) in [6.07, 6.45) is 0. The monoisotopic (exact) mass is 325 g/mol. The maximum atomic E-state index is 13.1. The zero-order chi connectivity index (χ0) is 15.0. The Kier molecular flexibility index (Phi) is 3.30. The Labute approximate surface area is 124 Å². The maximum Gasteiger partial charge on any atom is 0.264 e. The molecular weight excluding hydrogens is 317 g/mol. The zero-order valence-corrected chi connectivity index (χ0v) is 12.0. The molecule has 8 heteroatoms. The molecule has 0 saturated carbocycles. The highest BCUT2D eigenvalue weighted by Crippen LogP contribution is 2.22. The maximum absolute atomic E-state index is 13.1. The second-order valence-electron chi connectivity index (χ2n) is 4.28. The highest BCUT2D eigenvalue weighted by molar-refractivity contribution is 7.92. The van der Waals surface area contributed by atoms with Crippen molar-refractivity contribution in [3.05, 3.63) is 53.3 Å². The lowest BCUT2D eigenvalue weighted by molar-refractivity contribution is 0.599.